The summed E-state index contributed by atoms with van der Waals surface area (Å²) < 4.78 is 11.2. The molecule has 0 amide bonds. The fourth-order valence-electron chi connectivity index (χ4n) is 9.57. The van der Waals surface area contributed by atoms with Gasteiger partial charge in [0.15, 0.2) is 0 Å². The largest absolute Gasteiger partial charge is 0.427 e. The molecule has 0 unspecified atom stereocenters. The predicted molar refractivity (Wildman–Crippen MR) is 272 cm³/mol. The number of carbonyl (C=O) groups is 2. The van der Waals surface area contributed by atoms with E-state index >= 15 is 0 Å². The van der Waals surface area contributed by atoms with Crippen LogP contribution in [0.4, 0.5) is 0 Å². The lowest BCUT2D eigenvalue weighted by molar-refractivity contribution is -0.131. The van der Waals surface area contributed by atoms with Gasteiger partial charge >= 0.3 is 11.9 Å². The smallest absolute Gasteiger partial charge is 0.343 e. The number of rotatable bonds is 7. The zero-order chi connectivity index (χ0) is 45.3. The van der Waals surface area contributed by atoms with Gasteiger partial charge in [0.1, 0.15) is 11.5 Å². The Morgan fingerprint density at radius 3 is 1.49 bits per heavy atom. The summed E-state index contributed by atoms with van der Waals surface area (Å²) in [5.74, 6) is 0.287. The average Bonchev–Trinajstić information content (AvgIpc) is 3.58. The third kappa shape index (κ3) is 7.66. The summed E-state index contributed by atoms with van der Waals surface area (Å²) in [6.07, 6.45) is 0. The highest BCUT2D eigenvalue weighted by molar-refractivity contribution is 7.19. The molecule has 0 saturated heterocycles. The van der Waals surface area contributed by atoms with Crippen LogP contribution in [0.2, 0.25) is 0 Å². The number of hydrogen-bond acceptors (Lipinski definition) is 5. The van der Waals surface area contributed by atoms with Gasteiger partial charge in [-0.3, -0.25) is 4.79 Å². The lowest BCUT2D eigenvalue weighted by atomic mass is 9.84. The molecule has 318 valence electrons. The Morgan fingerprint density at radius 2 is 0.923 bits per heavy atom. The second-order valence-corrected chi connectivity index (χ2v) is 18.7. The van der Waals surface area contributed by atoms with E-state index in [0.29, 0.717) is 17.1 Å². The third-order valence-electron chi connectivity index (χ3n) is 12.9. The summed E-state index contributed by atoms with van der Waals surface area (Å²) in [4.78, 5) is 27.5. The first-order chi connectivity index (χ1) is 31.3. The first-order valence-electron chi connectivity index (χ1n) is 22.0. The summed E-state index contributed by atoms with van der Waals surface area (Å²) in [7, 11) is 0. The minimum atomic E-state index is -0.388. The van der Waals surface area contributed by atoms with E-state index in [2.05, 4.69) is 133 Å². The van der Waals surface area contributed by atoms with Crippen LogP contribution in [0.1, 0.15) is 56.2 Å². The van der Waals surface area contributed by atoms with Gasteiger partial charge < -0.3 is 9.47 Å². The van der Waals surface area contributed by atoms with Crippen LogP contribution in [-0.4, -0.2) is 11.9 Å². The second kappa shape index (κ2) is 16.3. The fraction of sp³-hybridized carbons (Fsp3) is 0.133. The fourth-order valence-corrected chi connectivity index (χ4v) is 10.9. The van der Waals surface area contributed by atoms with Crippen molar-refractivity contribution in [3.63, 3.8) is 0 Å². The van der Waals surface area contributed by atoms with Crippen LogP contribution in [0.25, 0.3) is 86.2 Å². The molecule has 0 atom stereocenters. The van der Waals surface area contributed by atoms with Crippen molar-refractivity contribution < 1.29 is 19.1 Å². The molecule has 0 aliphatic rings. The molecule has 65 heavy (non-hydrogen) atoms. The molecule has 0 N–H and O–H groups in total. The molecule has 0 aliphatic carbocycles. The standard InChI is InChI=1S/C60H48O4S/c1-33-10-24-51-54(27-33)56(50-23-9-34(2)28-55(50)57(51)46-14-12-44-26-35(3)25-36(4)52(44)32-46)45-13-11-43-31-53(37(5)29-47(43)30-45)60(62)64-49-21-17-42(18-22-49)59-39(7)38(6)58(65-59)41-15-19-48(20-16-41)63-40(8)61/h9-32H,1-8H3. The highest BCUT2D eigenvalue weighted by Gasteiger charge is 2.21. The molecule has 1 heterocycles. The van der Waals surface area contributed by atoms with Crippen molar-refractivity contribution in [2.75, 3.05) is 0 Å². The van der Waals surface area contributed by atoms with E-state index in [-0.39, 0.29) is 11.9 Å². The van der Waals surface area contributed by atoms with Crippen molar-refractivity contribution in [2.24, 2.45) is 0 Å². The average molecular weight is 865 g/mol. The lowest BCUT2D eigenvalue weighted by Gasteiger charge is -2.20. The van der Waals surface area contributed by atoms with E-state index in [0.717, 1.165) is 42.8 Å². The molecule has 0 bridgehead atoms. The molecule has 0 fully saturated rings. The van der Waals surface area contributed by atoms with E-state index in [1.807, 2.05) is 61.5 Å². The van der Waals surface area contributed by atoms with Crippen molar-refractivity contribution in [1.82, 2.24) is 0 Å². The number of carbonyl (C=O) groups excluding carboxylic acids is 2. The van der Waals surface area contributed by atoms with Crippen molar-refractivity contribution in [2.45, 2.75) is 55.4 Å². The van der Waals surface area contributed by atoms with E-state index in [1.165, 1.54) is 89.3 Å². The van der Waals surface area contributed by atoms with Gasteiger partial charge in [0.25, 0.3) is 0 Å². The van der Waals surface area contributed by atoms with Gasteiger partial charge in [0.2, 0.25) is 0 Å². The third-order valence-corrected chi connectivity index (χ3v) is 14.4. The Labute approximate surface area is 383 Å². The Morgan fingerprint density at radius 1 is 0.400 bits per heavy atom. The maximum absolute atomic E-state index is 13.8. The van der Waals surface area contributed by atoms with Crippen LogP contribution in [0.3, 0.4) is 0 Å². The number of aryl methyl sites for hydroxylation is 5. The first kappa shape index (κ1) is 41.7. The van der Waals surface area contributed by atoms with Crippen LogP contribution in [0.15, 0.2) is 146 Å². The van der Waals surface area contributed by atoms with Gasteiger partial charge in [-0.15, -0.1) is 11.3 Å². The van der Waals surface area contributed by atoms with Crippen molar-refractivity contribution in [3.8, 4) is 54.6 Å². The molecule has 0 radical (unpaired) electrons. The monoisotopic (exact) mass is 864 g/mol. The van der Waals surface area contributed by atoms with Gasteiger partial charge in [-0.1, -0.05) is 95.6 Å². The zero-order valence-corrected chi connectivity index (χ0v) is 38.7. The molecule has 9 aromatic carbocycles. The molecule has 4 nitrogen and oxygen atoms in total. The van der Waals surface area contributed by atoms with Crippen LogP contribution in [0.5, 0.6) is 11.5 Å². The lowest BCUT2D eigenvalue weighted by Crippen LogP contribution is -2.10. The molecule has 10 rings (SSSR count). The van der Waals surface area contributed by atoms with Crippen LogP contribution < -0.4 is 9.47 Å². The predicted octanol–water partition coefficient (Wildman–Crippen LogP) is 16.3. The van der Waals surface area contributed by atoms with Gasteiger partial charge in [-0.2, -0.15) is 0 Å². The van der Waals surface area contributed by atoms with Crippen molar-refractivity contribution in [1.29, 1.82) is 0 Å². The second-order valence-electron chi connectivity index (χ2n) is 17.6. The normalized spacial score (nSPS) is 11.5. The Bertz CT molecular complexity index is 3590. The molecular weight excluding hydrogens is 817 g/mol. The molecule has 0 spiro atoms. The summed E-state index contributed by atoms with van der Waals surface area (Å²) >= 11 is 1.72. The highest BCUT2D eigenvalue weighted by atomic mass is 32.1. The van der Waals surface area contributed by atoms with Gasteiger partial charge in [0, 0.05) is 16.7 Å². The van der Waals surface area contributed by atoms with Gasteiger partial charge in [-0.05, 0) is 214 Å². The van der Waals surface area contributed by atoms with E-state index in [9.17, 15) is 9.59 Å². The Hall–Kier alpha value is -7.34. The van der Waals surface area contributed by atoms with E-state index in [4.69, 9.17) is 9.47 Å². The maximum atomic E-state index is 13.8. The van der Waals surface area contributed by atoms with Crippen LogP contribution in [0, 0.1) is 48.5 Å². The van der Waals surface area contributed by atoms with Crippen molar-refractivity contribution in [3.05, 3.63) is 190 Å². The maximum Gasteiger partial charge on any atom is 0.343 e. The molecule has 1 aromatic heterocycles. The topological polar surface area (TPSA) is 52.6 Å². The summed E-state index contributed by atoms with van der Waals surface area (Å²) in [6, 6.07) is 51.2. The number of fused-ring (bicyclic) bond motifs is 4. The molecule has 0 saturated carbocycles. The van der Waals surface area contributed by atoms with Gasteiger partial charge in [-0.25, -0.2) is 4.79 Å². The zero-order valence-electron chi connectivity index (χ0n) is 37.9. The number of thiophene rings is 1. The molecule has 0 aliphatic heterocycles. The molecule has 10 aromatic rings. The first-order valence-corrected chi connectivity index (χ1v) is 22.9. The summed E-state index contributed by atoms with van der Waals surface area (Å²) in [5.41, 5.74) is 15.7. The highest BCUT2D eigenvalue weighted by Crippen LogP contribution is 2.46. The number of ether oxygens (including phenoxy) is 2. The van der Waals surface area contributed by atoms with Crippen LogP contribution >= 0.6 is 11.3 Å². The Balaban J connectivity index is 0.967. The SMILES string of the molecule is CC(=O)Oc1ccc(-c2sc(-c3ccc(OC(=O)c4cc5ccc(-c6c7ccc(C)cc7c(-c7ccc8cc(C)cc(C)c8c7)c7ccc(C)cc67)cc5cc4C)cc3)c(C)c2C)cc1. The van der Waals surface area contributed by atoms with E-state index in [1.54, 1.807) is 11.3 Å². The number of benzene rings is 9. The quantitative estimate of drug-likeness (QED) is 0.0910. The van der Waals surface area contributed by atoms with Crippen molar-refractivity contribution >= 4 is 66.4 Å². The number of esters is 2. The minimum Gasteiger partial charge on any atom is -0.427 e. The summed E-state index contributed by atoms with van der Waals surface area (Å²) in [6.45, 7) is 16.4. The molecular formula is C60H48O4S. The van der Waals surface area contributed by atoms with E-state index < -0.39 is 0 Å². The number of hydrogen-bond donors (Lipinski definition) is 0. The summed E-state index contributed by atoms with van der Waals surface area (Å²) in [5, 5.41) is 9.47. The van der Waals surface area contributed by atoms with Gasteiger partial charge in [0.05, 0.1) is 5.56 Å². The molecule has 5 heteroatoms. The van der Waals surface area contributed by atoms with Crippen LogP contribution in [-0.2, 0) is 4.79 Å². The minimum absolute atomic E-state index is 0.340. The Kier molecular flexibility index (Phi) is 10.5.